The highest BCUT2D eigenvalue weighted by molar-refractivity contribution is 5.72. The fourth-order valence-corrected chi connectivity index (χ4v) is 1.63. The summed E-state index contributed by atoms with van der Waals surface area (Å²) in [4.78, 5) is 12.9. The Balaban J connectivity index is 1.74. The summed E-state index contributed by atoms with van der Waals surface area (Å²) in [5.74, 6) is -0.847. The van der Waals surface area contributed by atoms with Crippen molar-refractivity contribution in [1.29, 1.82) is 0 Å². The number of carboxylic acids is 1. The van der Waals surface area contributed by atoms with Gasteiger partial charge in [-0.25, -0.2) is 4.79 Å². The number of morpholine rings is 1. The first-order valence-corrected chi connectivity index (χ1v) is 5.00. The van der Waals surface area contributed by atoms with Gasteiger partial charge < -0.3 is 9.84 Å². The highest BCUT2D eigenvalue weighted by atomic mass is 16.5. The molecule has 78 valence electrons. The van der Waals surface area contributed by atoms with Crippen LogP contribution in [0.5, 0.6) is 0 Å². The number of aliphatic carboxylic acids is 1. The molecule has 2 aliphatic rings. The Bertz CT molecular complexity index is 262. The number of rotatable bonds is 4. The molecule has 0 aromatic heterocycles. The Hall–Kier alpha value is -0.870. The molecule has 1 saturated heterocycles. The molecule has 1 aliphatic carbocycles. The minimum Gasteiger partial charge on any atom is -0.479 e. The van der Waals surface area contributed by atoms with Crippen LogP contribution in [0.25, 0.3) is 0 Å². The van der Waals surface area contributed by atoms with Crippen molar-refractivity contribution in [2.75, 3.05) is 26.2 Å². The molecule has 1 atom stereocenters. The molecule has 0 radical (unpaired) electrons. The molecule has 1 unspecified atom stereocenters. The van der Waals surface area contributed by atoms with E-state index in [0.29, 0.717) is 13.2 Å². The van der Waals surface area contributed by atoms with Crippen molar-refractivity contribution >= 4 is 5.97 Å². The van der Waals surface area contributed by atoms with Crippen molar-refractivity contribution in [3.8, 4) is 0 Å². The predicted octanol–water partition coefficient (Wildman–Crippen LogP) is 0.492. The van der Waals surface area contributed by atoms with E-state index in [4.69, 9.17) is 9.84 Å². The number of carboxylic acid groups (broad SMARTS) is 1. The zero-order valence-corrected chi connectivity index (χ0v) is 8.11. The predicted molar refractivity (Wildman–Crippen MR) is 51.1 cm³/mol. The van der Waals surface area contributed by atoms with Gasteiger partial charge in [0.25, 0.3) is 0 Å². The van der Waals surface area contributed by atoms with Gasteiger partial charge in [0.2, 0.25) is 0 Å². The van der Waals surface area contributed by atoms with Gasteiger partial charge in [0.1, 0.15) is 0 Å². The lowest BCUT2D eigenvalue weighted by Crippen LogP contribution is -2.46. The summed E-state index contributed by atoms with van der Waals surface area (Å²) in [5.41, 5.74) is 1.50. The van der Waals surface area contributed by atoms with Crippen LogP contribution < -0.4 is 0 Å². The van der Waals surface area contributed by atoms with E-state index in [2.05, 4.69) is 11.0 Å². The number of ether oxygens (including phenoxy) is 1. The third-order valence-corrected chi connectivity index (χ3v) is 2.67. The molecule has 0 saturated carbocycles. The number of nitrogens with zero attached hydrogens (tertiary/aromatic N) is 1. The average Bonchev–Trinajstić information content (AvgIpc) is 2.99. The maximum atomic E-state index is 10.7. The molecule has 1 fully saturated rings. The van der Waals surface area contributed by atoms with E-state index in [1.165, 1.54) is 5.57 Å². The van der Waals surface area contributed by atoms with Gasteiger partial charge >= 0.3 is 5.97 Å². The summed E-state index contributed by atoms with van der Waals surface area (Å²) < 4.78 is 5.14. The number of hydrogen-bond acceptors (Lipinski definition) is 3. The highest BCUT2D eigenvalue weighted by Crippen LogP contribution is 2.22. The minimum atomic E-state index is -0.847. The second-order valence-corrected chi connectivity index (χ2v) is 3.81. The fraction of sp³-hybridized carbons (Fsp3) is 0.700. The van der Waals surface area contributed by atoms with Gasteiger partial charge in [-0.3, -0.25) is 4.90 Å². The van der Waals surface area contributed by atoms with E-state index >= 15 is 0 Å². The standard InChI is InChI=1S/C10H15NO3/c12-10(13)9-7-11(5-6-14-9)4-3-8-1-2-8/h1,9H,2-7H2,(H,12,13). The quantitative estimate of drug-likeness (QED) is 0.666. The van der Waals surface area contributed by atoms with E-state index in [9.17, 15) is 4.79 Å². The van der Waals surface area contributed by atoms with Gasteiger partial charge in [-0.1, -0.05) is 11.6 Å². The maximum Gasteiger partial charge on any atom is 0.334 e. The van der Waals surface area contributed by atoms with Crippen molar-refractivity contribution in [2.24, 2.45) is 0 Å². The first kappa shape index (κ1) is 9.68. The molecule has 0 aromatic rings. The molecule has 1 N–H and O–H groups in total. The third kappa shape index (κ3) is 2.56. The highest BCUT2D eigenvalue weighted by Gasteiger charge is 2.26. The Morgan fingerprint density at radius 2 is 2.50 bits per heavy atom. The number of hydrogen-bond donors (Lipinski definition) is 1. The molecule has 4 nitrogen and oxygen atoms in total. The van der Waals surface area contributed by atoms with E-state index in [0.717, 1.165) is 25.9 Å². The molecule has 0 amide bonds. The van der Waals surface area contributed by atoms with Crippen LogP contribution in [0.2, 0.25) is 0 Å². The van der Waals surface area contributed by atoms with Crippen LogP contribution in [-0.2, 0) is 9.53 Å². The molecule has 1 aliphatic heterocycles. The van der Waals surface area contributed by atoms with Crippen LogP contribution in [0.15, 0.2) is 11.6 Å². The van der Waals surface area contributed by atoms with Crippen molar-refractivity contribution in [3.05, 3.63) is 11.6 Å². The molecule has 14 heavy (non-hydrogen) atoms. The summed E-state index contributed by atoms with van der Waals surface area (Å²) in [6.07, 6.45) is 3.84. The number of allylic oxidation sites excluding steroid dienone is 1. The molecule has 0 spiro atoms. The molecule has 2 rings (SSSR count). The summed E-state index contributed by atoms with van der Waals surface area (Å²) in [7, 11) is 0. The first-order chi connectivity index (χ1) is 6.75. The van der Waals surface area contributed by atoms with Gasteiger partial charge in [-0.2, -0.15) is 0 Å². The average molecular weight is 197 g/mol. The zero-order valence-electron chi connectivity index (χ0n) is 8.11. The van der Waals surface area contributed by atoms with Gasteiger partial charge in [0.15, 0.2) is 6.10 Å². The van der Waals surface area contributed by atoms with Gasteiger partial charge in [0.05, 0.1) is 6.61 Å². The summed E-state index contributed by atoms with van der Waals surface area (Å²) in [6, 6.07) is 0. The second kappa shape index (κ2) is 4.11. The van der Waals surface area contributed by atoms with E-state index in [1.54, 1.807) is 0 Å². The largest absolute Gasteiger partial charge is 0.479 e. The van der Waals surface area contributed by atoms with Gasteiger partial charge in [0, 0.05) is 19.6 Å². The van der Waals surface area contributed by atoms with Crippen LogP contribution in [0.4, 0.5) is 0 Å². The van der Waals surface area contributed by atoms with E-state index in [1.807, 2.05) is 0 Å². The minimum absolute atomic E-state index is 0.530. The van der Waals surface area contributed by atoms with Crippen LogP contribution in [0.3, 0.4) is 0 Å². The van der Waals surface area contributed by atoms with Gasteiger partial charge in [-0.15, -0.1) is 0 Å². The van der Waals surface area contributed by atoms with E-state index in [-0.39, 0.29) is 0 Å². The van der Waals surface area contributed by atoms with Crippen molar-refractivity contribution in [2.45, 2.75) is 18.9 Å². The Kier molecular flexibility index (Phi) is 2.84. The fourth-order valence-electron chi connectivity index (χ4n) is 1.63. The molecule has 4 heteroatoms. The Labute approximate surface area is 83.2 Å². The lowest BCUT2D eigenvalue weighted by Gasteiger charge is -2.30. The maximum absolute atomic E-state index is 10.7. The van der Waals surface area contributed by atoms with Crippen molar-refractivity contribution in [1.82, 2.24) is 4.90 Å². The summed E-state index contributed by atoms with van der Waals surface area (Å²) in [6.45, 7) is 2.90. The van der Waals surface area contributed by atoms with Crippen LogP contribution in [-0.4, -0.2) is 48.3 Å². The SMILES string of the molecule is O=C(O)C1CN(CCC2=CC2)CCO1. The molecular weight excluding hydrogens is 182 g/mol. The smallest absolute Gasteiger partial charge is 0.334 e. The lowest BCUT2D eigenvalue weighted by atomic mass is 10.2. The Morgan fingerprint density at radius 1 is 1.71 bits per heavy atom. The molecule has 0 bridgehead atoms. The van der Waals surface area contributed by atoms with Crippen LogP contribution >= 0.6 is 0 Å². The van der Waals surface area contributed by atoms with Gasteiger partial charge in [-0.05, 0) is 12.8 Å². The summed E-state index contributed by atoms with van der Waals surface area (Å²) >= 11 is 0. The van der Waals surface area contributed by atoms with Crippen molar-refractivity contribution < 1.29 is 14.6 Å². The van der Waals surface area contributed by atoms with Crippen molar-refractivity contribution in [3.63, 3.8) is 0 Å². The van der Waals surface area contributed by atoms with E-state index < -0.39 is 12.1 Å². The van der Waals surface area contributed by atoms with Crippen LogP contribution in [0.1, 0.15) is 12.8 Å². The molecular formula is C10H15NO3. The molecule has 0 aromatic carbocycles. The van der Waals surface area contributed by atoms with Crippen LogP contribution in [0, 0.1) is 0 Å². The normalized spacial score (nSPS) is 27.1. The topological polar surface area (TPSA) is 49.8 Å². The second-order valence-electron chi connectivity index (χ2n) is 3.81. The zero-order chi connectivity index (χ0) is 9.97. The molecule has 1 heterocycles. The first-order valence-electron chi connectivity index (χ1n) is 5.00. The monoisotopic (exact) mass is 197 g/mol. The lowest BCUT2D eigenvalue weighted by molar-refractivity contribution is -0.155. The third-order valence-electron chi connectivity index (χ3n) is 2.67. The Morgan fingerprint density at radius 3 is 3.14 bits per heavy atom. The summed E-state index contributed by atoms with van der Waals surface area (Å²) in [5, 5.41) is 8.78. The number of carbonyl (C=O) groups is 1.